The monoisotopic (exact) mass is 274 g/mol. The molecule has 0 spiro atoms. The van der Waals surface area contributed by atoms with Crippen LogP contribution < -0.4 is 4.74 Å². The summed E-state index contributed by atoms with van der Waals surface area (Å²) in [5.74, 6) is -0.111. The van der Waals surface area contributed by atoms with Crippen LogP contribution in [0.3, 0.4) is 0 Å². The van der Waals surface area contributed by atoms with Crippen LogP contribution in [-0.4, -0.2) is 36.1 Å². The van der Waals surface area contributed by atoms with Gasteiger partial charge in [0, 0.05) is 19.2 Å². The minimum Gasteiger partial charge on any atom is -0.504 e. The number of methoxy groups -OCH3 is 1. The van der Waals surface area contributed by atoms with Crippen molar-refractivity contribution in [3.05, 3.63) is 23.3 Å². The van der Waals surface area contributed by atoms with E-state index in [0.29, 0.717) is 13.1 Å². The van der Waals surface area contributed by atoms with Crippen molar-refractivity contribution in [2.45, 2.75) is 25.7 Å². The van der Waals surface area contributed by atoms with Crippen molar-refractivity contribution in [2.24, 2.45) is 0 Å². The number of benzene rings is 1. The molecule has 0 bridgehead atoms. The predicted molar refractivity (Wildman–Crippen MR) is 73.7 cm³/mol. The van der Waals surface area contributed by atoms with E-state index in [2.05, 4.69) is 0 Å². The molecule has 20 heavy (non-hydrogen) atoms. The average Bonchev–Trinajstić information content (AvgIpc) is 2.75. The number of hydrogen-bond donors (Lipinski definition) is 1. The number of phenols is 1. The van der Waals surface area contributed by atoms with E-state index >= 15 is 0 Å². The van der Waals surface area contributed by atoms with Gasteiger partial charge in [0.15, 0.2) is 11.5 Å². The summed E-state index contributed by atoms with van der Waals surface area (Å²) in [6, 6.07) is 4.72. The molecule has 1 aliphatic heterocycles. The number of rotatable bonds is 2. The fourth-order valence-corrected chi connectivity index (χ4v) is 2.45. The highest BCUT2D eigenvalue weighted by Gasteiger charge is 2.22. The summed E-state index contributed by atoms with van der Waals surface area (Å²) >= 11 is 0. The molecule has 0 atom stereocenters. The van der Waals surface area contributed by atoms with Crippen LogP contribution in [0.25, 0.3) is 0 Å². The van der Waals surface area contributed by atoms with Gasteiger partial charge in [-0.3, -0.25) is 4.79 Å². The largest absolute Gasteiger partial charge is 0.504 e. The first-order valence-electron chi connectivity index (χ1n) is 6.77. The molecule has 1 amide bonds. The number of carbonyl (C=O) groups is 1. The van der Waals surface area contributed by atoms with Crippen LogP contribution >= 0.6 is 0 Å². The molecule has 0 aliphatic carbocycles. The van der Waals surface area contributed by atoms with Crippen LogP contribution in [0.2, 0.25) is 0 Å². The topological polar surface area (TPSA) is 73.6 Å². The van der Waals surface area contributed by atoms with Crippen LogP contribution in [0.15, 0.2) is 12.1 Å². The van der Waals surface area contributed by atoms with Crippen molar-refractivity contribution < 1.29 is 14.6 Å². The molecule has 5 heteroatoms. The molecule has 0 saturated carbocycles. The van der Waals surface area contributed by atoms with E-state index in [4.69, 9.17) is 4.74 Å². The summed E-state index contributed by atoms with van der Waals surface area (Å²) in [5.41, 5.74) is 0.474. The lowest BCUT2D eigenvalue weighted by Gasteiger charge is -2.21. The number of hydrogen-bond acceptors (Lipinski definition) is 4. The minimum atomic E-state index is -0.193. The molecule has 0 radical (unpaired) electrons. The normalized spacial score (nSPS) is 15.3. The molecule has 1 aromatic carbocycles. The summed E-state index contributed by atoms with van der Waals surface area (Å²) in [5, 5.41) is 19.0. The molecule has 5 nitrogen and oxygen atoms in total. The summed E-state index contributed by atoms with van der Waals surface area (Å²) in [6.07, 6.45) is 4.22. The SMILES string of the molecule is COc1cc(C#N)c(C(=O)N2CCCCCC2)cc1O. The first-order chi connectivity index (χ1) is 9.67. The second-order valence-corrected chi connectivity index (χ2v) is 4.89. The summed E-state index contributed by atoms with van der Waals surface area (Å²) in [6.45, 7) is 1.41. The van der Waals surface area contributed by atoms with Crippen molar-refractivity contribution in [1.29, 1.82) is 5.26 Å². The van der Waals surface area contributed by atoms with Crippen molar-refractivity contribution in [3.63, 3.8) is 0 Å². The van der Waals surface area contributed by atoms with Gasteiger partial charge in [0.2, 0.25) is 0 Å². The van der Waals surface area contributed by atoms with Gasteiger partial charge in [0.25, 0.3) is 5.91 Å². The van der Waals surface area contributed by atoms with E-state index in [1.807, 2.05) is 6.07 Å². The lowest BCUT2D eigenvalue weighted by molar-refractivity contribution is 0.0761. The maximum atomic E-state index is 12.5. The quantitative estimate of drug-likeness (QED) is 0.898. The molecule has 106 valence electrons. The third-order valence-corrected chi connectivity index (χ3v) is 3.56. The summed E-state index contributed by atoms with van der Waals surface area (Å²) in [7, 11) is 1.41. The predicted octanol–water partition coefficient (Wildman–Crippen LogP) is 2.29. The van der Waals surface area contributed by atoms with Gasteiger partial charge in [-0.15, -0.1) is 0 Å². The molecule has 1 N–H and O–H groups in total. The highest BCUT2D eigenvalue weighted by Crippen LogP contribution is 2.30. The molecule has 1 heterocycles. The summed E-state index contributed by atoms with van der Waals surface area (Å²) < 4.78 is 4.96. The fourth-order valence-electron chi connectivity index (χ4n) is 2.45. The Hall–Kier alpha value is -2.22. The van der Waals surface area contributed by atoms with Gasteiger partial charge in [0.1, 0.15) is 6.07 Å². The van der Waals surface area contributed by atoms with Crippen LogP contribution in [0.1, 0.15) is 41.6 Å². The van der Waals surface area contributed by atoms with Gasteiger partial charge < -0.3 is 14.7 Å². The molecule has 1 aliphatic rings. The van der Waals surface area contributed by atoms with Gasteiger partial charge in [0.05, 0.1) is 18.2 Å². The fraction of sp³-hybridized carbons (Fsp3) is 0.467. The molecule has 2 rings (SSSR count). The van der Waals surface area contributed by atoms with E-state index in [-0.39, 0.29) is 28.5 Å². The van der Waals surface area contributed by atoms with Crippen molar-refractivity contribution >= 4 is 5.91 Å². The Morgan fingerprint density at radius 3 is 2.50 bits per heavy atom. The van der Waals surface area contributed by atoms with Crippen molar-refractivity contribution in [3.8, 4) is 17.6 Å². The lowest BCUT2D eigenvalue weighted by atomic mass is 10.1. The van der Waals surface area contributed by atoms with Crippen LogP contribution in [0.5, 0.6) is 11.5 Å². The maximum absolute atomic E-state index is 12.5. The smallest absolute Gasteiger partial charge is 0.255 e. The number of nitrogens with zero attached hydrogens (tertiary/aromatic N) is 2. The Kier molecular flexibility index (Phi) is 4.46. The van der Waals surface area contributed by atoms with E-state index in [9.17, 15) is 15.2 Å². The first kappa shape index (κ1) is 14.2. The Morgan fingerprint density at radius 1 is 1.30 bits per heavy atom. The van der Waals surface area contributed by atoms with Crippen LogP contribution in [0.4, 0.5) is 0 Å². The third kappa shape index (κ3) is 2.85. The van der Waals surface area contributed by atoms with Crippen molar-refractivity contribution in [1.82, 2.24) is 4.90 Å². The van der Waals surface area contributed by atoms with E-state index in [1.165, 1.54) is 19.2 Å². The number of carbonyl (C=O) groups excluding carboxylic acids is 1. The zero-order valence-electron chi connectivity index (χ0n) is 11.6. The Morgan fingerprint density at radius 2 is 1.95 bits per heavy atom. The second kappa shape index (κ2) is 6.29. The molecule has 1 aromatic rings. The zero-order chi connectivity index (χ0) is 14.5. The molecule has 1 saturated heterocycles. The number of ether oxygens (including phenoxy) is 1. The molecular weight excluding hydrogens is 256 g/mol. The number of phenolic OH excluding ortho intramolecular Hbond substituents is 1. The zero-order valence-corrected chi connectivity index (χ0v) is 11.6. The molecular formula is C15H18N2O3. The van der Waals surface area contributed by atoms with Gasteiger partial charge >= 0.3 is 0 Å². The number of amides is 1. The highest BCUT2D eigenvalue weighted by atomic mass is 16.5. The van der Waals surface area contributed by atoms with Crippen LogP contribution in [-0.2, 0) is 0 Å². The van der Waals surface area contributed by atoms with E-state index in [1.54, 1.807) is 4.90 Å². The highest BCUT2D eigenvalue weighted by molar-refractivity contribution is 5.97. The maximum Gasteiger partial charge on any atom is 0.255 e. The number of nitriles is 1. The second-order valence-electron chi connectivity index (χ2n) is 4.89. The molecule has 0 aromatic heterocycles. The van der Waals surface area contributed by atoms with Crippen LogP contribution in [0, 0.1) is 11.3 Å². The Bertz CT molecular complexity index is 541. The van der Waals surface area contributed by atoms with E-state index < -0.39 is 0 Å². The Balaban J connectivity index is 2.33. The number of likely N-dealkylation sites (tertiary alicyclic amines) is 1. The third-order valence-electron chi connectivity index (χ3n) is 3.56. The van der Waals surface area contributed by atoms with Gasteiger partial charge in [-0.1, -0.05) is 12.8 Å². The Labute approximate surface area is 118 Å². The summed E-state index contributed by atoms with van der Waals surface area (Å²) in [4.78, 5) is 14.3. The number of aromatic hydroxyl groups is 1. The molecule has 0 unspecified atom stereocenters. The van der Waals surface area contributed by atoms with E-state index in [0.717, 1.165) is 25.7 Å². The lowest BCUT2D eigenvalue weighted by Crippen LogP contribution is -2.32. The standard InChI is InChI=1S/C15H18N2O3/c1-20-14-8-11(10-16)12(9-13(14)18)15(19)17-6-4-2-3-5-7-17/h8-9,18H,2-7H2,1H3. The van der Waals surface area contributed by atoms with Crippen molar-refractivity contribution in [2.75, 3.05) is 20.2 Å². The van der Waals surface area contributed by atoms with Gasteiger partial charge in [-0.05, 0) is 18.9 Å². The van der Waals surface area contributed by atoms with Gasteiger partial charge in [-0.25, -0.2) is 0 Å². The molecule has 1 fully saturated rings. The first-order valence-corrected chi connectivity index (χ1v) is 6.77. The van der Waals surface area contributed by atoms with Gasteiger partial charge in [-0.2, -0.15) is 5.26 Å². The average molecular weight is 274 g/mol. The minimum absolute atomic E-state index is 0.121.